The van der Waals surface area contributed by atoms with Crippen LogP contribution in [-0.2, 0) is 0 Å². The van der Waals surface area contributed by atoms with Crippen molar-refractivity contribution in [3.63, 3.8) is 0 Å². The molecule has 0 N–H and O–H groups in total. The first kappa shape index (κ1) is 12.1. The highest BCUT2D eigenvalue weighted by molar-refractivity contribution is 5.94. The lowest BCUT2D eigenvalue weighted by Crippen LogP contribution is -2.24. The van der Waals surface area contributed by atoms with Gasteiger partial charge in [0, 0.05) is 17.8 Å². The molecule has 1 aliphatic rings. The van der Waals surface area contributed by atoms with Crippen LogP contribution in [0.3, 0.4) is 0 Å². The van der Waals surface area contributed by atoms with Gasteiger partial charge in [-0.1, -0.05) is 13.3 Å². The van der Waals surface area contributed by atoms with Crippen LogP contribution < -0.4 is 4.74 Å². The van der Waals surface area contributed by atoms with Gasteiger partial charge in [0.2, 0.25) is 5.88 Å². The monoisotopic (exact) mass is 233 g/mol. The fourth-order valence-electron chi connectivity index (χ4n) is 2.35. The van der Waals surface area contributed by atoms with Gasteiger partial charge in [0.25, 0.3) is 0 Å². The maximum atomic E-state index is 11.3. The molecule has 3 nitrogen and oxygen atoms in total. The number of nitrogens with zero attached hydrogens (tertiary/aromatic N) is 1. The Bertz CT molecular complexity index is 403. The highest BCUT2D eigenvalue weighted by Gasteiger charge is 2.20. The van der Waals surface area contributed by atoms with Gasteiger partial charge in [-0.05, 0) is 38.2 Å². The van der Waals surface area contributed by atoms with Gasteiger partial charge in [-0.2, -0.15) is 0 Å². The molecular formula is C14H19NO2. The molecule has 1 aliphatic carbocycles. The number of ether oxygens (including phenoxy) is 1. The molecule has 0 aromatic carbocycles. The van der Waals surface area contributed by atoms with E-state index in [1.807, 2.05) is 0 Å². The average molecular weight is 233 g/mol. The van der Waals surface area contributed by atoms with E-state index in [-0.39, 0.29) is 11.9 Å². The number of pyridine rings is 1. The molecule has 17 heavy (non-hydrogen) atoms. The molecule has 0 bridgehead atoms. The Labute approximate surface area is 102 Å². The summed E-state index contributed by atoms with van der Waals surface area (Å²) in [7, 11) is 0. The number of Topliss-reactive ketones (excluding diaryl/α,β-unsaturated/α-hetero) is 1. The molecular weight excluding hydrogens is 214 g/mol. The van der Waals surface area contributed by atoms with Crippen molar-refractivity contribution in [2.45, 2.75) is 45.6 Å². The lowest BCUT2D eigenvalue weighted by molar-refractivity contribution is 0.101. The van der Waals surface area contributed by atoms with Crippen molar-refractivity contribution in [3.8, 4) is 5.88 Å². The van der Waals surface area contributed by atoms with Gasteiger partial charge < -0.3 is 4.74 Å². The lowest BCUT2D eigenvalue weighted by atomic mass is 9.89. The Hall–Kier alpha value is -1.38. The van der Waals surface area contributed by atoms with Crippen molar-refractivity contribution in [1.29, 1.82) is 0 Å². The average Bonchev–Trinajstić information content (AvgIpc) is 2.29. The van der Waals surface area contributed by atoms with Crippen LogP contribution in [0.25, 0.3) is 0 Å². The maximum Gasteiger partial charge on any atom is 0.214 e. The van der Waals surface area contributed by atoms with Gasteiger partial charge >= 0.3 is 0 Å². The van der Waals surface area contributed by atoms with Crippen LogP contribution in [0.4, 0.5) is 0 Å². The van der Waals surface area contributed by atoms with Gasteiger partial charge in [0.1, 0.15) is 6.10 Å². The normalized spacial score (nSPS) is 24.4. The second kappa shape index (κ2) is 5.30. The number of carbonyl (C=O) groups excluding carboxylic acids is 1. The fourth-order valence-corrected chi connectivity index (χ4v) is 2.35. The van der Waals surface area contributed by atoms with E-state index in [0.29, 0.717) is 11.4 Å². The maximum absolute atomic E-state index is 11.3. The third kappa shape index (κ3) is 3.29. The fraction of sp³-hybridized carbons (Fsp3) is 0.571. The van der Waals surface area contributed by atoms with Crippen LogP contribution in [0, 0.1) is 5.92 Å². The zero-order valence-electron chi connectivity index (χ0n) is 10.5. The highest BCUT2D eigenvalue weighted by Crippen LogP contribution is 2.26. The quantitative estimate of drug-likeness (QED) is 0.752. The van der Waals surface area contributed by atoms with Gasteiger partial charge in [0.15, 0.2) is 5.78 Å². The number of hydrogen-bond donors (Lipinski definition) is 0. The van der Waals surface area contributed by atoms with Gasteiger partial charge in [-0.15, -0.1) is 0 Å². The summed E-state index contributed by atoms with van der Waals surface area (Å²) < 4.78 is 5.85. The summed E-state index contributed by atoms with van der Waals surface area (Å²) in [5, 5.41) is 0. The largest absolute Gasteiger partial charge is 0.474 e. The van der Waals surface area contributed by atoms with E-state index in [1.54, 1.807) is 25.3 Å². The van der Waals surface area contributed by atoms with Gasteiger partial charge in [-0.25, -0.2) is 4.98 Å². The molecule has 3 heteroatoms. The molecule has 2 unspecified atom stereocenters. The predicted molar refractivity (Wildman–Crippen MR) is 66.3 cm³/mol. The zero-order valence-corrected chi connectivity index (χ0v) is 10.5. The van der Waals surface area contributed by atoms with E-state index < -0.39 is 0 Å². The third-order valence-electron chi connectivity index (χ3n) is 3.32. The number of rotatable bonds is 3. The Morgan fingerprint density at radius 1 is 1.47 bits per heavy atom. The van der Waals surface area contributed by atoms with E-state index in [9.17, 15) is 4.79 Å². The molecule has 1 heterocycles. The highest BCUT2D eigenvalue weighted by atomic mass is 16.5. The molecule has 1 aromatic rings. The standard InChI is InChI=1S/C14H19NO2/c1-10-4-3-5-13(8-10)17-14-9-12(11(2)16)6-7-15-14/h6-7,9-10,13H,3-5,8H2,1-2H3. The summed E-state index contributed by atoms with van der Waals surface area (Å²) in [4.78, 5) is 15.4. The molecule has 2 atom stereocenters. The molecule has 1 aromatic heterocycles. The SMILES string of the molecule is CC(=O)c1ccnc(OC2CCCC(C)C2)c1. The van der Waals surface area contributed by atoms with E-state index in [4.69, 9.17) is 4.74 Å². The third-order valence-corrected chi connectivity index (χ3v) is 3.32. The van der Waals surface area contributed by atoms with Crippen LogP contribution in [0.5, 0.6) is 5.88 Å². The Kier molecular flexibility index (Phi) is 3.77. The minimum absolute atomic E-state index is 0.0502. The van der Waals surface area contributed by atoms with Crippen molar-refractivity contribution in [2.24, 2.45) is 5.92 Å². The first-order chi connectivity index (χ1) is 8.15. The van der Waals surface area contributed by atoms with Crippen LogP contribution in [0.2, 0.25) is 0 Å². The first-order valence-electron chi connectivity index (χ1n) is 6.29. The van der Waals surface area contributed by atoms with Crippen molar-refractivity contribution in [3.05, 3.63) is 23.9 Å². The molecule has 1 saturated carbocycles. The first-order valence-corrected chi connectivity index (χ1v) is 6.29. The van der Waals surface area contributed by atoms with Gasteiger partial charge in [-0.3, -0.25) is 4.79 Å². The van der Waals surface area contributed by atoms with E-state index in [2.05, 4.69) is 11.9 Å². The molecule has 0 spiro atoms. The smallest absolute Gasteiger partial charge is 0.214 e. The van der Waals surface area contributed by atoms with Crippen LogP contribution in [0.1, 0.15) is 49.9 Å². The zero-order chi connectivity index (χ0) is 12.3. The van der Waals surface area contributed by atoms with Crippen molar-refractivity contribution >= 4 is 5.78 Å². The predicted octanol–water partition coefficient (Wildman–Crippen LogP) is 3.24. The van der Waals surface area contributed by atoms with Crippen molar-refractivity contribution < 1.29 is 9.53 Å². The number of ketones is 1. The molecule has 0 aliphatic heterocycles. The lowest BCUT2D eigenvalue weighted by Gasteiger charge is -2.26. The Morgan fingerprint density at radius 2 is 2.29 bits per heavy atom. The molecule has 0 saturated heterocycles. The van der Waals surface area contributed by atoms with E-state index in [0.717, 1.165) is 18.8 Å². The molecule has 0 radical (unpaired) electrons. The molecule has 2 rings (SSSR count). The number of hydrogen-bond acceptors (Lipinski definition) is 3. The van der Waals surface area contributed by atoms with Crippen LogP contribution in [-0.4, -0.2) is 16.9 Å². The van der Waals surface area contributed by atoms with Crippen molar-refractivity contribution in [2.75, 3.05) is 0 Å². The van der Waals surface area contributed by atoms with E-state index in [1.165, 1.54) is 12.8 Å². The number of aromatic nitrogens is 1. The summed E-state index contributed by atoms with van der Waals surface area (Å²) in [5.41, 5.74) is 0.666. The minimum Gasteiger partial charge on any atom is -0.474 e. The Morgan fingerprint density at radius 3 is 3.00 bits per heavy atom. The minimum atomic E-state index is 0.0502. The second-order valence-corrected chi connectivity index (χ2v) is 4.95. The molecule has 0 amide bonds. The van der Waals surface area contributed by atoms with Crippen molar-refractivity contribution in [1.82, 2.24) is 4.98 Å². The molecule has 92 valence electrons. The Balaban J connectivity index is 2.02. The second-order valence-electron chi connectivity index (χ2n) is 4.95. The van der Waals surface area contributed by atoms with E-state index >= 15 is 0 Å². The van der Waals surface area contributed by atoms with Gasteiger partial charge in [0.05, 0.1) is 0 Å². The van der Waals surface area contributed by atoms with Crippen LogP contribution in [0.15, 0.2) is 18.3 Å². The van der Waals surface area contributed by atoms with Crippen LogP contribution >= 0.6 is 0 Å². The summed E-state index contributed by atoms with van der Waals surface area (Å²) >= 11 is 0. The molecule has 1 fully saturated rings. The number of carbonyl (C=O) groups is 1. The summed E-state index contributed by atoms with van der Waals surface area (Å²) in [6.07, 6.45) is 6.59. The summed E-state index contributed by atoms with van der Waals surface area (Å²) in [6.45, 7) is 3.82. The summed E-state index contributed by atoms with van der Waals surface area (Å²) in [6, 6.07) is 3.46. The summed E-state index contributed by atoms with van der Waals surface area (Å²) in [5.74, 6) is 1.36. The topological polar surface area (TPSA) is 39.2 Å².